The van der Waals surface area contributed by atoms with E-state index in [9.17, 15) is 4.79 Å². The maximum atomic E-state index is 13.2. The van der Waals surface area contributed by atoms with E-state index in [0.717, 1.165) is 26.4 Å². The highest BCUT2D eigenvalue weighted by Crippen LogP contribution is 2.33. The Hall–Kier alpha value is -2.57. The first kappa shape index (κ1) is 19.7. The number of aryl methyl sites for hydroxylation is 3. The molecule has 0 saturated carbocycles. The molecule has 0 fully saturated rings. The van der Waals surface area contributed by atoms with Crippen LogP contribution in [0, 0.1) is 20.8 Å². The number of fused-ring (bicyclic) bond motifs is 1. The first-order valence-electron chi connectivity index (χ1n) is 9.40. The number of hydrogen-bond donors (Lipinski definition) is 0. The number of anilines is 1. The number of carbonyl (C=O) groups is 1. The van der Waals surface area contributed by atoms with Crippen molar-refractivity contribution in [2.45, 2.75) is 32.2 Å². The summed E-state index contributed by atoms with van der Waals surface area (Å²) in [4.78, 5) is 20.8. The molecule has 0 radical (unpaired) electrons. The number of rotatable bonds is 6. The second-order valence-corrected chi connectivity index (χ2v) is 9.07. The fourth-order valence-corrected chi connectivity index (χ4v) is 4.82. The van der Waals surface area contributed by atoms with Gasteiger partial charge >= 0.3 is 0 Å². The summed E-state index contributed by atoms with van der Waals surface area (Å²) in [6.45, 7) is 6.59. The summed E-state index contributed by atoms with van der Waals surface area (Å²) in [5.74, 6) is 1.10. The van der Waals surface area contributed by atoms with Crippen LogP contribution in [0.15, 0.2) is 64.1 Å². The van der Waals surface area contributed by atoms with Crippen molar-refractivity contribution in [3.05, 3.63) is 77.2 Å². The Balaban J connectivity index is 1.61. The largest absolute Gasteiger partial charge is 0.467 e. The Morgan fingerprint density at radius 3 is 2.62 bits per heavy atom. The van der Waals surface area contributed by atoms with Crippen LogP contribution in [0.2, 0.25) is 0 Å². The Bertz CT molecular complexity index is 1130. The molecule has 148 valence electrons. The molecule has 2 aromatic heterocycles. The van der Waals surface area contributed by atoms with E-state index in [4.69, 9.17) is 9.40 Å². The number of carbonyl (C=O) groups excluding carboxylic acids is 1. The fraction of sp³-hybridized carbons (Fsp3) is 0.217. The number of amides is 1. The lowest BCUT2D eigenvalue weighted by Gasteiger charge is -2.18. The maximum Gasteiger partial charge on any atom is 0.239 e. The number of hydrogen-bond acceptors (Lipinski definition) is 5. The van der Waals surface area contributed by atoms with Gasteiger partial charge in [0.1, 0.15) is 5.76 Å². The molecule has 0 aliphatic carbocycles. The van der Waals surface area contributed by atoms with Crippen LogP contribution in [-0.4, -0.2) is 16.6 Å². The number of thioether (sulfide) groups is 1. The maximum absolute atomic E-state index is 13.2. The molecule has 1 amide bonds. The van der Waals surface area contributed by atoms with Crippen molar-refractivity contribution in [3.8, 4) is 0 Å². The standard InChI is InChI=1S/C23H22N2O2S2/c1-15-6-9-19(10-7-15)28-14-21(26)25(13-18-5-4-12-27-18)23-24-22-17(3)16(2)8-11-20(22)29-23/h4-12H,13-14H2,1-3H3. The lowest BCUT2D eigenvalue weighted by Crippen LogP contribution is -2.31. The van der Waals surface area contributed by atoms with Gasteiger partial charge in [0.05, 0.1) is 28.8 Å². The van der Waals surface area contributed by atoms with E-state index >= 15 is 0 Å². The zero-order valence-electron chi connectivity index (χ0n) is 16.6. The topological polar surface area (TPSA) is 46.3 Å². The van der Waals surface area contributed by atoms with Gasteiger partial charge in [0.2, 0.25) is 5.91 Å². The molecule has 0 spiro atoms. The minimum absolute atomic E-state index is 0.0143. The number of furan rings is 1. The average Bonchev–Trinajstić information content (AvgIpc) is 3.38. The van der Waals surface area contributed by atoms with Crippen molar-refractivity contribution in [2.24, 2.45) is 0 Å². The monoisotopic (exact) mass is 422 g/mol. The zero-order chi connectivity index (χ0) is 20.4. The molecule has 0 N–H and O–H groups in total. The van der Waals surface area contributed by atoms with Gasteiger partial charge < -0.3 is 4.42 Å². The Kier molecular flexibility index (Phi) is 5.74. The molecule has 0 aliphatic rings. The van der Waals surface area contributed by atoms with Crippen LogP contribution in [0.5, 0.6) is 0 Å². The minimum atomic E-state index is 0.0143. The second-order valence-electron chi connectivity index (χ2n) is 7.01. The normalized spacial score (nSPS) is 11.1. The Morgan fingerprint density at radius 1 is 1.10 bits per heavy atom. The molecule has 0 unspecified atom stereocenters. The summed E-state index contributed by atoms with van der Waals surface area (Å²) in [7, 11) is 0. The van der Waals surface area contributed by atoms with Crippen LogP contribution in [0.25, 0.3) is 10.2 Å². The van der Waals surface area contributed by atoms with Crippen LogP contribution in [0.1, 0.15) is 22.5 Å². The zero-order valence-corrected chi connectivity index (χ0v) is 18.3. The van der Waals surface area contributed by atoms with Gasteiger partial charge in [-0.1, -0.05) is 35.1 Å². The molecule has 29 heavy (non-hydrogen) atoms. The SMILES string of the molecule is Cc1ccc(SCC(=O)N(Cc2ccco2)c2nc3c(C)c(C)ccc3s2)cc1. The molecule has 0 atom stereocenters. The third-order valence-corrected chi connectivity index (χ3v) is 6.92. The van der Waals surface area contributed by atoms with E-state index in [0.29, 0.717) is 17.4 Å². The van der Waals surface area contributed by atoms with E-state index in [2.05, 4.69) is 45.0 Å². The molecule has 2 aromatic carbocycles. The fourth-order valence-electron chi connectivity index (χ4n) is 3.01. The van der Waals surface area contributed by atoms with E-state index in [-0.39, 0.29) is 5.91 Å². The second kappa shape index (κ2) is 8.43. The summed E-state index contributed by atoms with van der Waals surface area (Å²) in [5, 5.41) is 0.708. The lowest BCUT2D eigenvalue weighted by molar-refractivity contribution is -0.116. The number of benzene rings is 2. The van der Waals surface area contributed by atoms with Gasteiger partial charge in [-0.05, 0) is 62.2 Å². The number of nitrogens with zero attached hydrogens (tertiary/aromatic N) is 2. The van der Waals surface area contributed by atoms with E-state index in [1.54, 1.807) is 34.3 Å². The van der Waals surface area contributed by atoms with Crippen LogP contribution >= 0.6 is 23.1 Å². The van der Waals surface area contributed by atoms with Crippen LogP contribution in [0.3, 0.4) is 0 Å². The predicted octanol–water partition coefficient (Wildman–Crippen LogP) is 6.14. The van der Waals surface area contributed by atoms with Gasteiger partial charge in [0.15, 0.2) is 5.13 Å². The van der Waals surface area contributed by atoms with Crippen LogP contribution in [-0.2, 0) is 11.3 Å². The molecule has 4 rings (SSSR count). The summed E-state index contributed by atoms with van der Waals surface area (Å²) in [6, 6.07) is 16.1. The van der Waals surface area contributed by atoms with E-state index in [1.165, 1.54) is 11.1 Å². The summed E-state index contributed by atoms with van der Waals surface area (Å²) >= 11 is 3.09. The third-order valence-electron chi connectivity index (χ3n) is 4.88. The average molecular weight is 423 g/mol. The summed E-state index contributed by atoms with van der Waals surface area (Å²) in [5.41, 5.74) is 4.53. The van der Waals surface area contributed by atoms with Crippen molar-refractivity contribution >= 4 is 44.4 Å². The third kappa shape index (κ3) is 4.38. The van der Waals surface area contributed by atoms with Gasteiger partial charge in [-0.25, -0.2) is 4.98 Å². The highest BCUT2D eigenvalue weighted by Gasteiger charge is 2.22. The van der Waals surface area contributed by atoms with Gasteiger partial charge in [-0.2, -0.15) is 0 Å². The Morgan fingerprint density at radius 2 is 1.90 bits per heavy atom. The molecule has 0 aliphatic heterocycles. The highest BCUT2D eigenvalue weighted by molar-refractivity contribution is 8.00. The van der Waals surface area contributed by atoms with E-state index < -0.39 is 0 Å². The van der Waals surface area contributed by atoms with Crippen LogP contribution in [0.4, 0.5) is 5.13 Å². The van der Waals surface area contributed by atoms with Crippen molar-refractivity contribution in [1.29, 1.82) is 0 Å². The molecule has 4 aromatic rings. The first-order valence-corrected chi connectivity index (χ1v) is 11.2. The predicted molar refractivity (Wildman–Crippen MR) is 121 cm³/mol. The van der Waals surface area contributed by atoms with Crippen LogP contribution < -0.4 is 4.90 Å². The summed E-state index contributed by atoms with van der Waals surface area (Å²) < 4.78 is 6.59. The van der Waals surface area contributed by atoms with Crippen molar-refractivity contribution in [2.75, 3.05) is 10.7 Å². The smallest absolute Gasteiger partial charge is 0.239 e. The molecule has 0 bridgehead atoms. The van der Waals surface area contributed by atoms with Gasteiger partial charge in [-0.15, -0.1) is 11.8 Å². The highest BCUT2D eigenvalue weighted by atomic mass is 32.2. The molecule has 6 heteroatoms. The molecular formula is C23H22N2O2S2. The molecule has 0 saturated heterocycles. The quantitative estimate of drug-likeness (QED) is 0.350. The van der Waals surface area contributed by atoms with Gasteiger partial charge in [-0.3, -0.25) is 9.69 Å². The summed E-state index contributed by atoms with van der Waals surface area (Å²) in [6.07, 6.45) is 1.63. The number of aromatic nitrogens is 1. The number of thiazole rings is 1. The first-order chi connectivity index (χ1) is 14.0. The molecule has 4 nitrogen and oxygen atoms in total. The van der Waals surface area contributed by atoms with E-state index in [1.807, 2.05) is 24.3 Å². The molecular weight excluding hydrogens is 400 g/mol. The minimum Gasteiger partial charge on any atom is -0.467 e. The van der Waals surface area contributed by atoms with Gasteiger partial charge in [0, 0.05) is 4.90 Å². The van der Waals surface area contributed by atoms with Crippen molar-refractivity contribution in [1.82, 2.24) is 4.98 Å². The Labute approximate surface area is 178 Å². The lowest BCUT2D eigenvalue weighted by atomic mass is 10.1. The molecule has 2 heterocycles. The van der Waals surface area contributed by atoms with Crippen molar-refractivity contribution in [3.63, 3.8) is 0 Å². The van der Waals surface area contributed by atoms with Gasteiger partial charge in [0.25, 0.3) is 0 Å². The van der Waals surface area contributed by atoms with Crippen molar-refractivity contribution < 1.29 is 9.21 Å².